The van der Waals surface area contributed by atoms with Crippen LogP contribution < -0.4 is 0 Å². The van der Waals surface area contributed by atoms with E-state index in [1.807, 2.05) is 37.4 Å². The fourth-order valence-electron chi connectivity index (χ4n) is 3.30. The molecule has 0 spiro atoms. The summed E-state index contributed by atoms with van der Waals surface area (Å²) >= 11 is 1.92. The van der Waals surface area contributed by atoms with Gasteiger partial charge < -0.3 is 9.80 Å². The Morgan fingerprint density at radius 3 is 2.32 bits per heavy atom. The van der Waals surface area contributed by atoms with Crippen molar-refractivity contribution in [2.45, 2.75) is 58.8 Å². The van der Waals surface area contributed by atoms with E-state index in [2.05, 4.69) is 11.8 Å². The second-order valence-corrected chi connectivity index (χ2v) is 8.75. The monoisotopic (exact) mass is 326 g/mol. The Balaban J connectivity index is 1.88. The van der Waals surface area contributed by atoms with Crippen molar-refractivity contribution in [1.29, 1.82) is 0 Å². The van der Waals surface area contributed by atoms with Crippen LogP contribution in [0.15, 0.2) is 0 Å². The lowest BCUT2D eigenvalue weighted by atomic mass is 9.90. The van der Waals surface area contributed by atoms with Crippen LogP contribution in [0.2, 0.25) is 0 Å². The molecule has 0 saturated carbocycles. The largest absolute Gasteiger partial charge is 0.342 e. The van der Waals surface area contributed by atoms with E-state index in [4.69, 9.17) is 0 Å². The highest BCUT2D eigenvalue weighted by atomic mass is 32.2. The second-order valence-electron chi connectivity index (χ2n) is 7.46. The molecule has 0 bridgehead atoms. The number of carbonyl (C=O) groups is 2. The van der Waals surface area contributed by atoms with E-state index in [0.717, 1.165) is 51.1 Å². The van der Waals surface area contributed by atoms with E-state index in [9.17, 15) is 9.59 Å². The molecule has 2 saturated heterocycles. The first-order valence-corrected chi connectivity index (χ1v) is 9.61. The Hall–Kier alpha value is -0.710. The lowest BCUT2D eigenvalue weighted by Crippen LogP contribution is -2.48. The Labute approximate surface area is 139 Å². The molecule has 0 radical (unpaired) electrons. The van der Waals surface area contributed by atoms with E-state index < -0.39 is 0 Å². The summed E-state index contributed by atoms with van der Waals surface area (Å²) in [5, 5.41) is 0.381. The Morgan fingerprint density at radius 1 is 1.14 bits per heavy atom. The zero-order valence-corrected chi connectivity index (χ0v) is 15.2. The van der Waals surface area contributed by atoms with Gasteiger partial charge in [-0.2, -0.15) is 0 Å². The summed E-state index contributed by atoms with van der Waals surface area (Å²) in [7, 11) is 0. The molecular formula is C17H30N2O2S. The number of amides is 2. The maximum absolute atomic E-state index is 12.8. The zero-order valence-electron chi connectivity index (χ0n) is 14.4. The molecule has 2 aliphatic rings. The van der Waals surface area contributed by atoms with Gasteiger partial charge in [-0.05, 0) is 19.3 Å². The van der Waals surface area contributed by atoms with Gasteiger partial charge in [0.1, 0.15) is 0 Å². The quantitative estimate of drug-likeness (QED) is 0.800. The molecule has 2 fully saturated rings. The molecule has 2 heterocycles. The van der Waals surface area contributed by atoms with Crippen LogP contribution in [0.5, 0.6) is 0 Å². The zero-order chi connectivity index (χ0) is 16.3. The van der Waals surface area contributed by atoms with Crippen molar-refractivity contribution in [3.8, 4) is 0 Å². The van der Waals surface area contributed by atoms with E-state index >= 15 is 0 Å². The lowest BCUT2D eigenvalue weighted by molar-refractivity contribution is -0.145. The maximum Gasteiger partial charge on any atom is 0.227 e. The molecule has 2 rings (SSSR count). The van der Waals surface area contributed by atoms with E-state index in [-0.39, 0.29) is 17.2 Å². The van der Waals surface area contributed by atoms with Gasteiger partial charge in [0.15, 0.2) is 0 Å². The third-order valence-electron chi connectivity index (χ3n) is 4.58. The number of piperidine rings is 1. The summed E-state index contributed by atoms with van der Waals surface area (Å²) in [5.41, 5.74) is -0.325. The fraction of sp³-hybridized carbons (Fsp3) is 0.882. The third kappa shape index (κ3) is 3.98. The summed E-state index contributed by atoms with van der Waals surface area (Å²) in [4.78, 5) is 29.1. The minimum Gasteiger partial charge on any atom is -0.342 e. The Morgan fingerprint density at radius 2 is 1.77 bits per heavy atom. The van der Waals surface area contributed by atoms with Crippen LogP contribution in [0, 0.1) is 11.3 Å². The number of nitrogens with zero attached hydrogens (tertiary/aromatic N) is 2. The number of likely N-dealkylation sites (tertiary alicyclic amines) is 1. The van der Waals surface area contributed by atoms with Gasteiger partial charge in [-0.25, -0.2) is 0 Å². The summed E-state index contributed by atoms with van der Waals surface area (Å²) < 4.78 is 0. The highest BCUT2D eigenvalue weighted by Gasteiger charge is 2.36. The fourth-order valence-corrected chi connectivity index (χ4v) is 4.66. The summed E-state index contributed by atoms with van der Waals surface area (Å²) in [6, 6.07) is 0. The van der Waals surface area contributed by atoms with Crippen LogP contribution in [-0.4, -0.2) is 52.4 Å². The summed E-state index contributed by atoms with van der Waals surface area (Å²) in [6.45, 7) is 10.4. The van der Waals surface area contributed by atoms with E-state index in [1.165, 1.54) is 0 Å². The SMILES string of the molecule is CCCC1SCCN1C(=O)C1CCN(C(=O)C(C)(C)C)CC1. The summed E-state index contributed by atoms with van der Waals surface area (Å²) in [5.74, 6) is 1.71. The van der Waals surface area contributed by atoms with Crippen LogP contribution >= 0.6 is 11.8 Å². The highest BCUT2D eigenvalue weighted by molar-refractivity contribution is 8.00. The number of rotatable bonds is 3. The molecule has 126 valence electrons. The molecule has 2 amide bonds. The first-order valence-electron chi connectivity index (χ1n) is 8.56. The number of carbonyl (C=O) groups excluding carboxylic acids is 2. The van der Waals surface area contributed by atoms with Gasteiger partial charge in [0.2, 0.25) is 11.8 Å². The van der Waals surface area contributed by atoms with E-state index in [0.29, 0.717) is 11.3 Å². The Bertz CT molecular complexity index is 411. The molecule has 2 aliphatic heterocycles. The normalized spacial score (nSPS) is 23.9. The highest BCUT2D eigenvalue weighted by Crippen LogP contribution is 2.31. The maximum atomic E-state index is 12.8. The molecule has 1 atom stereocenters. The summed E-state index contributed by atoms with van der Waals surface area (Å²) in [6.07, 6.45) is 3.86. The molecule has 5 heteroatoms. The topological polar surface area (TPSA) is 40.6 Å². The van der Waals surface area contributed by atoms with Crippen molar-refractivity contribution >= 4 is 23.6 Å². The van der Waals surface area contributed by atoms with Gasteiger partial charge in [0.25, 0.3) is 0 Å². The van der Waals surface area contributed by atoms with Gasteiger partial charge >= 0.3 is 0 Å². The van der Waals surface area contributed by atoms with Gasteiger partial charge in [-0.1, -0.05) is 34.1 Å². The van der Waals surface area contributed by atoms with Crippen LogP contribution in [-0.2, 0) is 9.59 Å². The van der Waals surface area contributed by atoms with Crippen molar-refractivity contribution < 1.29 is 9.59 Å². The molecule has 1 unspecified atom stereocenters. The third-order valence-corrected chi connectivity index (χ3v) is 5.87. The lowest BCUT2D eigenvalue weighted by Gasteiger charge is -2.37. The van der Waals surface area contributed by atoms with E-state index in [1.54, 1.807) is 0 Å². The second kappa shape index (κ2) is 7.24. The van der Waals surface area contributed by atoms with Crippen LogP contribution in [0.4, 0.5) is 0 Å². The predicted molar refractivity (Wildman–Crippen MR) is 91.6 cm³/mol. The van der Waals surface area contributed by atoms with Crippen LogP contribution in [0.25, 0.3) is 0 Å². The molecule has 0 aliphatic carbocycles. The van der Waals surface area contributed by atoms with Gasteiger partial charge in [0, 0.05) is 36.7 Å². The van der Waals surface area contributed by atoms with Gasteiger partial charge in [-0.15, -0.1) is 11.8 Å². The predicted octanol–water partition coefficient (Wildman–Crippen LogP) is 2.97. The van der Waals surface area contributed by atoms with Crippen LogP contribution in [0.3, 0.4) is 0 Å². The number of hydrogen-bond acceptors (Lipinski definition) is 3. The van der Waals surface area contributed by atoms with Gasteiger partial charge in [-0.3, -0.25) is 9.59 Å². The van der Waals surface area contributed by atoms with Crippen molar-refractivity contribution in [3.63, 3.8) is 0 Å². The minimum atomic E-state index is -0.325. The molecule has 4 nitrogen and oxygen atoms in total. The minimum absolute atomic E-state index is 0.113. The van der Waals surface area contributed by atoms with Crippen molar-refractivity contribution in [2.75, 3.05) is 25.4 Å². The standard InChI is InChI=1S/C17H30N2O2S/c1-5-6-14-19(11-12-22-14)15(20)13-7-9-18(10-8-13)16(21)17(2,3)4/h13-14H,5-12H2,1-4H3. The Kier molecular flexibility index (Phi) is 5.81. The smallest absolute Gasteiger partial charge is 0.227 e. The average molecular weight is 327 g/mol. The molecule has 0 aromatic carbocycles. The first-order chi connectivity index (χ1) is 10.3. The number of hydrogen-bond donors (Lipinski definition) is 0. The molecular weight excluding hydrogens is 296 g/mol. The van der Waals surface area contributed by atoms with Gasteiger partial charge in [0.05, 0.1) is 5.37 Å². The number of thioether (sulfide) groups is 1. The first kappa shape index (κ1) is 17.6. The molecule has 22 heavy (non-hydrogen) atoms. The molecule has 0 N–H and O–H groups in total. The van der Waals surface area contributed by atoms with Crippen molar-refractivity contribution in [3.05, 3.63) is 0 Å². The van der Waals surface area contributed by atoms with Crippen molar-refractivity contribution in [1.82, 2.24) is 9.80 Å². The average Bonchev–Trinajstić information content (AvgIpc) is 2.93. The molecule has 0 aromatic heterocycles. The van der Waals surface area contributed by atoms with Crippen LogP contribution in [0.1, 0.15) is 53.4 Å². The van der Waals surface area contributed by atoms with Crippen molar-refractivity contribution in [2.24, 2.45) is 11.3 Å². The molecule has 0 aromatic rings.